The number of anilines is 1. The molecule has 0 amide bonds. The zero-order valence-corrected chi connectivity index (χ0v) is 19.2. The van der Waals surface area contributed by atoms with E-state index < -0.39 is 21.9 Å². The van der Waals surface area contributed by atoms with Crippen LogP contribution in [0, 0.1) is 12.7 Å². The molecule has 1 unspecified atom stereocenters. The molecule has 166 valence electrons. The van der Waals surface area contributed by atoms with Crippen molar-refractivity contribution < 1.29 is 17.9 Å². The monoisotopic (exact) mass is 485 g/mol. The van der Waals surface area contributed by atoms with Gasteiger partial charge in [-0.25, -0.2) is 17.9 Å². The Bertz CT molecular complexity index is 1230. The maximum atomic E-state index is 13.5. The van der Waals surface area contributed by atoms with Crippen molar-refractivity contribution in [2.75, 3.05) is 5.32 Å². The molecule has 0 fully saturated rings. The topological polar surface area (TPSA) is 97.3 Å². The van der Waals surface area contributed by atoms with Crippen LogP contribution < -0.4 is 10.5 Å². The minimum atomic E-state index is -3.90. The summed E-state index contributed by atoms with van der Waals surface area (Å²) in [6.45, 7) is 3.99. The van der Waals surface area contributed by atoms with Gasteiger partial charge in [-0.1, -0.05) is 23.2 Å². The second-order valence-electron chi connectivity index (χ2n) is 7.27. The summed E-state index contributed by atoms with van der Waals surface area (Å²) in [7, 11) is -3.90. The Kier molecular flexibility index (Phi) is 6.98. The molecule has 0 spiro atoms. The number of sulfonamides is 1. The first-order valence-corrected chi connectivity index (χ1v) is 11.7. The van der Waals surface area contributed by atoms with Gasteiger partial charge in [-0.15, -0.1) is 0 Å². The van der Waals surface area contributed by atoms with E-state index in [4.69, 9.17) is 28.3 Å². The van der Waals surface area contributed by atoms with Crippen LogP contribution in [0.3, 0.4) is 0 Å². The van der Waals surface area contributed by atoms with Gasteiger partial charge < -0.3 is 15.0 Å². The number of aliphatic hydroxyl groups is 1. The van der Waals surface area contributed by atoms with Crippen LogP contribution in [0.2, 0.25) is 10.0 Å². The standard InChI is InChI=1S/C21H22Cl2FN3O3S/c1-12(28)7-17-8-14(13(2)27(17)20-5-3-15(24)9-18(20)22)11-26-16-4-6-21(19(23)10-16)31(25,29)30/h3-6,8-10,12,26,28H,7,11H2,1-2H3,(H2,25,29,30). The molecular formula is C21H22Cl2FN3O3S. The van der Waals surface area contributed by atoms with Crippen LogP contribution >= 0.6 is 23.2 Å². The second kappa shape index (κ2) is 9.18. The van der Waals surface area contributed by atoms with Crippen molar-refractivity contribution in [1.29, 1.82) is 0 Å². The van der Waals surface area contributed by atoms with Gasteiger partial charge >= 0.3 is 0 Å². The fourth-order valence-corrected chi connectivity index (χ4v) is 4.74. The number of benzene rings is 2. The summed E-state index contributed by atoms with van der Waals surface area (Å²) >= 11 is 12.3. The molecule has 3 aromatic rings. The fraction of sp³-hybridized carbons (Fsp3) is 0.238. The Hall–Kier alpha value is -2.10. The third-order valence-electron chi connectivity index (χ3n) is 4.80. The van der Waals surface area contributed by atoms with Gasteiger partial charge in [-0.3, -0.25) is 0 Å². The SMILES string of the molecule is Cc1c(CNc2ccc(S(N)(=O)=O)c(Cl)c2)cc(CC(C)O)n1-c1ccc(F)cc1Cl. The predicted molar refractivity (Wildman–Crippen MR) is 121 cm³/mol. The molecule has 0 aliphatic heterocycles. The summed E-state index contributed by atoms with van der Waals surface area (Å²) in [6, 6.07) is 10.5. The van der Waals surface area contributed by atoms with E-state index in [1.54, 1.807) is 19.1 Å². The number of hydrogen-bond acceptors (Lipinski definition) is 4. The van der Waals surface area contributed by atoms with Gasteiger partial charge in [0.25, 0.3) is 0 Å². The number of rotatable bonds is 7. The summed E-state index contributed by atoms with van der Waals surface area (Å²) in [4.78, 5) is -0.146. The summed E-state index contributed by atoms with van der Waals surface area (Å²) in [5.74, 6) is -0.433. The number of nitrogens with one attached hydrogen (secondary N) is 1. The highest BCUT2D eigenvalue weighted by atomic mass is 35.5. The molecular weight excluding hydrogens is 464 g/mol. The van der Waals surface area contributed by atoms with Gasteiger partial charge in [0.05, 0.1) is 21.8 Å². The van der Waals surface area contributed by atoms with Crippen LogP contribution in [-0.4, -0.2) is 24.2 Å². The minimum Gasteiger partial charge on any atom is -0.393 e. The zero-order valence-electron chi connectivity index (χ0n) is 16.9. The zero-order chi connectivity index (χ0) is 22.9. The lowest BCUT2D eigenvalue weighted by Crippen LogP contribution is -2.12. The van der Waals surface area contributed by atoms with E-state index in [2.05, 4.69) is 5.32 Å². The Morgan fingerprint density at radius 1 is 1.16 bits per heavy atom. The van der Waals surface area contributed by atoms with Gasteiger partial charge in [0.1, 0.15) is 10.7 Å². The van der Waals surface area contributed by atoms with E-state index in [0.29, 0.717) is 24.3 Å². The van der Waals surface area contributed by atoms with Crippen LogP contribution in [0.1, 0.15) is 23.9 Å². The van der Waals surface area contributed by atoms with E-state index in [-0.39, 0.29) is 14.9 Å². The van der Waals surface area contributed by atoms with Crippen LogP contribution in [0.25, 0.3) is 5.69 Å². The lowest BCUT2D eigenvalue weighted by atomic mass is 10.2. The Morgan fingerprint density at radius 2 is 1.87 bits per heavy atom. The summed E-state index contributed by atoms with van der Waals surface area (Å²) in [6.07, 6.45) is -0.207. The van der Waals surface area contributed by atoms with Crippen molar-refractivity contribution in [2.45, 2.75) is 37.8 Å². The summed E-state index contributed by atoms with van der Waals surface area (Å²) < 4.78 is 38.4. The fourth-order valence-electron chi connectivity index (χ4n) is 3.40. The minimum absolute atomic E-state index is 0.0229. The van der Waals surface area contributed by atoms with Crippen molar-refractivity contribution >= 4 is 38.9 Å². The summed E-state index contributed by atoms with van der Waals surface area (Å²) in [5, 5.41) is 18.5. The molecule has 1 aromatic heterocycles. The number of aliphatic hydroxyl groups excluding tert-OH is 1. The molecule has 0 bridgehead atoms. The van der Waals surface area contributed by atoms with E-state index in [9.17, 15) is 17.9 Å². The van der Waals surface area contributed by atoms with Crippen molar-refractivity contribution in [3.8, 4) is 5.69 Å². The number of primary sulfonamides is 1. The molecule has 6 nitrogen and oxygen atoms in total. The smallest absolute Gasteiger partial charge is 0.239 e. The first kappa shape index (κ1) is 23.6. The van der Waals surface area contributed by atoms with Crippen LogP contribution in [0.4, 0.5) is 10.1 Å². The molecule has 0 saturated heterocycles. The van der Waals surface area contributed by atoms with E-state index in [1.165, 1.54) is 24.3 Å². The second-order valence-corrected chi connectivity index (χ2v) is 9.62. The molecule has 1 heterocycles. The highest BCUT2D eigenvalue weighted by Gasteiger charge is 2.18. The Labute approximate surface area is 190 Å². The number of nitrogens with zero attached hydrogens (tertiary/aromatic N) is 1. The molecule has 2 aromatic carbocycles. The maximum Gasteiger partial charge on any atom is 0.239 e. The lowest BCUT2D eigenvalue weighted by molar-refractivity contribution is 0.193. The first-order valence-electron chi connectivity index (χ1n) is 9.37. The van der Waals surface area contributed by atoms with Gasteiger partial charge in [-0.05, 0) is 61.9 Å². The normalized spacial score (nSPS) is 12.7. The average Bonchev–Trinajstić information content (AvgIpc) is 2.94. The van der Waals surface area contributed by atoms with Gasteiger partial charge in [0, 0.05) is 30.0 Å². The highest BCUT2D eigenvalue weighted by molar-refractivity contribution is 7.89. The largest absolute Gasteiger partial charge is 0.393 e. The van der Waals surface area contributed by atoms with Crippen LogP contribution in [-0.2, 0) is 23.0 Å². The van der Waals surface area contributed by atoms with E-state index in [0.717, 1.165) is 17.0 Å². The number of halogens is 3. The average molecular weight is 486 g/mol. The van der Waals surface area contributed by atoms with Crippen LogP contribution in [0.5, 0.6) is 0 Å². The highest BCUT2D eigenvalue weighted by Crippen LogP contribution is 2.29. The molecule has 10 heteroatoms. The van der Waals surface area contributed by atoms with E-state index in [1.807, 2.05) is 17.6 Å². The first-order chi connectivity index (χ1) is 14.5. The predicted octanol–water partition coefficient (Wildman–Crippen LogP) is 4.41. The van der Waals surface area contributed by atoms with Crippen molar-refractivity contribution in [2.24, 2.45) is 5.14 Å². The van der Waals surface area contributed by atoms with Crippen molar-refractivity contribution in [1.82, 2.24) is 4.57 Å². The third kappa shape index (κ3) is 5.39. The maximum absolute atomic E-state index is 13.5. The molecule has 0 aliphatic rings. The quantitative estimate of drug-likeness (QED) is 0.461. The molecule has 0 radical (unpaired) electrons. The molecule has 3 rings (SSSR count). The molecule has 1 atom stereocenters. The van der Waals surface area contributed by atoms with Crippen LogP contribution in [0.15, 0.2) is 47.4 Å². The Morgan fingerprint density at radius 3 is 2.45 bits per heavy atom. The number of nitrogens with two attached hydrogens (primary N) is 1. The van der Waals surface area contributed by atoms with Gasteiger partial charge in [0.2, 0.25) is 10.0 Å². The lowest BCUT2D eigenvalue weighted by Gasteiger charge is -2.15. The summed E-state index contributed by atoms with van der Waals surface area (Å²) in [5.41, 5.74) is 3.83. The van der Waals surface area contributed by atoms with Crippen molar-refractivity contribution in [3.05, 3.63) is 75.3 Å². The Balaban J connectivity index is 1.94. The third-order valence-corrected chi connectivity index (χ3v) is 6.50. The van der Waals surface area contributed by atoms with Gasteiger partial charge in [0.15, 0.2) is 0 Å². The van der Waals surface area contributed by atoms with Gasteiger partial charge in [-0.2, -0.15) is 0 Å². The molecule has 4 N–H and O–H groups in total. The molecule has 0 saturated carbocycles. The number of aromatic nitrogens is 1. The van der Waals surface area contributed by atoms with E-state index >= 15 is 0 Å². The molecule has 0 aliphatic carbocycles. The number of hydrogen-bond donors (Lipinski definition) is 3. The van der Waals surface area contributed by atoms with Crippen molar-refractivity contribution in [3.63, 3.8) is 0 Å². The molecule has 31 heavy (non-hydrogen) atoms.